The molecule has 0 amide bonds. The minimum atomic E-state index is 0.597. The van der Waals surface area contributed by atoms with Crippen molar-refractivity contribution in [3.63, 3.8) is 0 Å². The lowest BCUT2D eigenvalue weighted by atomic mass is 9.88. The molecule has 0 aliphatic heterocycles. The largest absolute Gasteiger partial charge is 0.0999 e. The Bertz CT molecular complexity index is 648. The van der Waals surface area contributed by atoms with Crippen molar-refractivity contribution in [1.82, 2.24) is 0 Å². The van der Waals surface area contributed by atoms with Gasteiger partial charge in [0.1, 0.15) is 0 Å². The van der Waals surface area contributed by atoms with Gasteiger partial charge in [-0.3, -0.25) is 0 Å². The fourth-order valence-electron chi connectivity index (χ4n) is 3.95. The van der Waals surface area contributed by atoms with Crippen LogP contribution in [0.4, 0.5) is 0 Å². The van der Waals surface area contributed by atoms with E-state index in [-0.39, 0.29) is 0 Å². The summed E-state index contributed by atoms with van der Waals surface area (Å²) in [5.74, 6) is 2.39. The van der Waals surface area contributed by atoms with Crippen LogP contribution in [0.1, 0.15) is 120 Å². The Morgan fingerprint density at radius 2 is 0.794 bits per heavy atom. The summed E-state index contributed by atoms with van der Waals surface area (Å²) >= 11 is 0. The molecule has 4 atom stereocenters. The number of rotatable bonds is 19. The van der Waals surface area contributed by atoms with E-state index in [4.69, 9.17) is 0 Å². The van der Waals surface area contributed by atoms with E-state index in [9.17, 15) is 0 Å². The van der Waals surface area contributed by atoms with Gasteiger partial charge in [0.25, 0.3) is 0 Å². The van der Waals surface area contributed by atoms with Crippen LogP contribution in [0.15, 0.2) is 71.9 Å². The van der Waals surface area contributed by atoms with E-state index in [0.29, 0.717) is 23.7 Å². The lowest BCUT2D eigenvalue weighted by Gasteiger charge is -2.18. The highest BCUT2D eigenvalue weighted by atomic mass is 14.2. The van der Waals surface area contributed by atoms with Gasteiger partial charge in [0.15, 0.2) is 0 Å². The molecule has 0 rings (SSSR count). The number of unbranched alkanes of at least 4 members (excludes halogenated alkanes) is 1. The standard InChI is InChI=1S/C34H58/c1-25(2)29(7)21-23-33(11)31(9)19-17-27(5)15-13-14-16-28(6)18-20-32(10)34(12)24-22-30(8)26(3)4/h15-16,29-32H,1,3,11-14,17-24H2,2,4-10H3. The quantitative estimate of drug-likeness (QED) is 0.131. The second-order valence-electron chi connectivity index (χ2n) is 11.4. The maximum Gasteiger partial charge on any atom is -0.0231 e. The van der Waals surface area contributed by atoms with Crippen LogP contribution in [0.25, 0.3) is 0 Å². The van der Waals surface area contributed by atoms with Crippen molar-refractivity contribution in [3.8, 4) is 0 Å². The Balaban J connectivity index is 4.20. The SMILES string of the molecule is C=C(C)C(C)CCC(=C)C(C)CCC(C)=CCCC=C(C)CCC(C)C(=C)CCC(C)C(=C)C. The van der Waals surface area contributed by atoms with Crippen LogP contribution < -0.4 is 0 Å². The number of hydrogen-bond acceptors (Lipinski definition) is 0. The third-order valence-electron chi connectivity index (χ3n) is 7.97. The Hall–Kier alpha value is -1.56. The van der Waals surface area contributed by atoms with E-state index in [0.717, 1.165) is 25.7 Å². The second-order valence-corrected chi connectivity index (χ2v) is 11.4. The van der Waals surface area contributed by atoms with Gasteiger partial charge in [-0.05, 0) is 116 Å². The van der Waals surface area contributed by atoms with Crippen LogP contribution in [0, 0.1) is 23.7 Å². The molecule has 0 saturated carbocycles. The summed E-state index contributed by atoms with van der Waals surface area (Å²) in [5, 5.41) is 0. The van der Waals surface area contributed by atoms with Gasteiger partial charge in [-0.25, -0.2) is 0 Å². The summed E-state index contributed by atoms with van der Waals surface area (Å²) in [6.07, 6.45) is 16.6. The summed E-state index contributed by atoms with van der Waals surface area (Å²) in [7, 11) is 0. The predicted octanol–water partition coefficient (Wildman–Crippen LogP) is 11.6. The van der Waals surface area contributed by atoms with Gasteiger partial charge >= 0.3 is 0 Å². The third kappa shape index (κ3) is 15.4. The smallest absolute Gasteiger partial charge is 0.0231 e. The Labute approximate surface area is 215 Å². The zero-order chi connectivity index (χ0) is 26.3. The highest BCUT2D eigenvalue weighted by Crippen LogP contribution is 2.26. The molecule has 0 aliphatic carbocycles. The van der Waals surface area contributed by atoms with Gasteiger partial charge in [-0.1, -0.05) is 99.6 Å². The molecule has 0 bridgehead atoms. The van der Waals surface area contributed by atoms with Gasteiger partial charge in [-0.15, -0.1) is 0 Å². The minimum Gasteiger partial charge on any atom is -0.0999 e. The van der Waals surface area contributed by atoms with Gasteiger partial charge in [-0.2, -0.15) is 0 Å². The molecule has 0 N–H and O–H groups in total. The zero-order valence-electron chi connectivity index (χ0n) is 24.4. The van der Waals surface area contributed by atoms with Crippen molar-refractivity contribution in [2.75, 3.05) is 0 Å². The molecule has 0 radical (unpaired) electrons. The maximum absolute atomic E-state index is 4.36. The van der Waals surface area contributed by atoms with Crippen LogP contribution in [0.5, 0.6) is 0 Å². The third-order valence-corrected chi connectivity index (χ3v) is 7.97. The molecular formula is C34H58. The predicted molar refractivity (Wildman–Crippen MR) is 158 cm³/mol. The number of hydrogen-bond donors (Lipinski definition) is 0. The molecule has 34 heavy (non-hydrogen) atoms. The molecule has 0 aliphatic rings. The van der Waals surface area contributed by atoms with Gasteiger partial charge in [0.05, 0.1) is 0 Å². The van der Waals surface area contributed by atoms with Gasteiger partial charge in [0.2, 0.25) is 0 Å². The Morgan fingerprint density at radius 3 is 1.09 bits per heavy atom. The first-order valence-corrected chi connectivity index (χ1v) is 13.8. The second kappa shape index (κ2) is 17.8. The van der Waals surface area contributed by atoms with E-state index in [1.165, 1.54) is 72.0 Å². The van der Waals surface area contributed by atoms with Crippen LogP contribution in [-0.2, 0) is 0 Å². The highest BCUT2D eigenvalue weighted by molar-refractivity contribution is 5.07. The minimum absolute atomic E-state index is 0.597. The van der Waals surface area contributed by atoms with E-state index in [1.807, 2.05) is 0 Å². The first-order valence-electron chi connectivity index (χ1n) is 13.8. The molecule has 0 heteroatoms. The van der Waals surface area contributed by atoms with Crippen LogP contribution in [-0.4, -0.2) is 0 Å². The van der Waals surface area contributed by atoms with Crippen LogP contribution in [0.3, 0.4) is 0 Å². The molecule has 0 fully saturated rings. The maximum atomic E-state index is 4.36. The van der Waals surface area contributed by atoms with Crippen molar-refractivity contribution in [3.05, 3.63) is 71.9 Å². The summed E-state index contributed by atoms with van der Waals surface area (Å²) < 4.78 is 0. The topological polar surface area (TPSA) is 0 Å². The fourth-order valence-corrected chi connectivity index (χ4v) is 3.95. The fraction of sp³-hybridized carbons (Fsp3) is 0.647. The lowest BCUT2D eigenvalue weighted by Crippen LogP contribution is -2.02. The molecule has 0 aromatic heterocycles. The summed E-state index contributed by atoms with van der Waals surface area (Å²) in [6, 6.07) is 0. The van der Waals surface area contributed by atoms with Crippen molar-refractivity contribution in [1.29, 1.82) is 0 Å². The molecular weight excluding hydrogens is 408 g/mol. The molecule has 0 saturated heterocycles. The van der Waals surface area contributed by atoms with Crippen molar-refractivity contribution in [2.45, 2.75) is 120 Å². The monoisotopic (exact) mass is 466 g/mol. The number of allylic oxidation sites excluding steroid dienone is 8. The summed E-state index contributed by atoms with van der Waals surface area (Å²) in [5.41, 5.74) is 8.42. The zero-order valence-corrected chi connectivity index (χ0v) is 24.4. The van der Waals surface area contributed by atoms with Gasteiger partial charge < -0.3 is 0 Å². The molecule has 0 aromatic rings. The molecule has 0 spiro atoms. The molecule has 0 heterocycles. The Kier molecular flexibility index (Phi) is 17.0. The first-order chi connectivity index (χ1) is 15.8. The average molecular weight is 467 g/mol. The first kappa shape index (κ1) is 32.4. The Morgan fingerprint density at radius 1 is 0.500 bits per heavy atom. The van der Waals surface area contributed by atoms with Crippen LogP contribution >= 0.6 is 0 Å². The average Bonchev–Trinajstić information content (AvgIpc) is 2.79. The summed E-state index contributed by atoms with van der Waals surface area (Å²) in [4.78, 5) is 0. The molecule has 0 nitrogen and oxygen atoms in total. The molecule has 0 aromatic carbocycles. The van der Waals surface area contributed by atoms with E-state index >= 15 is 0 Å². The summed E-state index contributed by atoms with van der Waals surface area (Å²) in [6.45, 7) is 34.9. The normalized spacial score (nSPS) is 16.0. The van der Waals surface area contributed by atoms with E-state index < -0.39 is 0 Å². The van der Waals surface area contributed by atoms with E-state index in [1.54, 1.807) is 0 Å². The van der Waals surface area contributed by atoms with Crippen molar-refractivity contribution >= 4 is 0 Å². The van der Waals surface area contributed by atoms with E-state index in [2.05, 4.69) is 93.9 Å². The van der Waals surface area contributed by atoms with Crippen LogP contribution in [0.2, 0.25) is 0 Å². The van der Waals surface area contributed by atoms with Crippen molar-refractivity contribution < 1.29 is 0 Å². The highest BCUT2D eigenvalue weighted by Gasteiger charge is 2.11. The van der Waals surface area contributed by atoms with Gasteiger partial charge in [0, 0.05) is 0 Å². The lowest BCUT2D eigenvalue weighted by molar-refractivity contribution is 0.542. The molecule has 4 unspecified atom stereocenters. The molecule has 194 valence electrons. The van der Waals surface area contributed by atoms with Crippen molar-refractivity contribution in [2.24, 2.45) is 23.7 Å².